The van der Waals surface area contributed by atoms with Crippen LogP contribution in [0.25, 0.3) is 10.9 Å². The van der Waals surface area contributed by atoms with Crippen molar-refractivity contribution in [2.75, 3.05) is 24.7 Å². The summed E-state index contributed by atoms with van der Waals surface area (Å²) in [5.41, 5.74) is 0.370. The number of carbonyl (C=O) groups excluding carboxylic acids is 13. The number of phenols is 1. The highest BCUT2D eigenvalue weighted by atomic mass is 32.1. The molecule has 3 unspecified atom stereocenters. The molecule has 0 radical (unpaired) electrons. The van der Waals surface area contributed by atoms with E-state index in [4.69, 9.17) is 38.9 Å². The number of hydrogen-bond acceptors (Lipinski definition) is 29. The summed E-state index contributed by atoms with van der Waals surface area (Å²) in [6.07, 6.45) is -17.1. The maximum absolute atomic E-state index is 16.3. The zero-order chi connectivity index (χ0) is 98.7. The molecule has 1 saturated heterocycles. The summed E-state index contributed by atoms with van der Waals surface area (Å²) in [6.45, 7) is 9.16. The first-order valence-electron chi connectivity index (χ1n) is 44.8. The summed E-state index contributed by atoms with van der Waals surface area (Å²) in [4.78, 5) is 206. The van der Waals surface area contributed by atoms with Gasteiger partial charge in [-0.2, -0.15) is 25.3 Å². The normalized spacial score (nSPS) is 22.8. The fourth-order valence-corrected chi connectivity index (χ4v) is 18.8. The molecule has 1 aromatic heterocycles. The van der Waals surface area contributed by atoms with Gasteiger partial charge in [0, 0.05) is 116 Å². The lowest BCUT2D eigenvalue weighted by atomic mass is 9.52. The van der Waals surface area contributed by atoms with E-state index in [2.05, 4.69) is 67.5 Å². The van der Waals surface area contributed by atoms with Crippen LogP contribution in [-0.4, -0.2) is 240 Å². The number of nitrogens with two attached hydrogens (primary N) is 1. The zero-order valence-electron chi connectivity index (χ0n) is 76.1. The third-order valence-corrected chi connectivity index (χ3v) is 26.4. The molecule has 4 aliphatic rings. The van der Waals surface area contributed by atoms with E-state index in [1.165, 1.54) is 62.4 Å². The molecule has 16 N–H and O–H groups in total. The smallest absolute Gasteiger partial charge is 0.350 e. The van der Waals surface area contributed by atoms with Crippen LogP contribution in [0.3, 0.4) is 0 Å². The maximum Gasteiger partial charge on any atom is 0.350 e. The van der Waals surface area contributed by atoms with Gasteiger partial charge in [0.1, 0.15) is 54.2 Å². The second kappa shape index (κ2) is 46.4. The number of ether oxygens (including phenoxy) is 7. The van der Waals surface area contributed by atoms with Gasteiger partial charge in [-0.1, -0.05) is 153 Å². The first-order chi connectivity index (χ1) is 64.7. The molecule has 3 fully saturated rings. The van der Waals surface area contributed by atoms with Crippen LogP contribution in [0.2, 0.25) is 0 Å². The summed E-state index contributed by atoms with van der Waals surface area (Å²) < 4.78 is 43.6. The van der Waals surface area contributed by atoms with E-state index in [1.54, 1.807) is 141 Å². The number of esters is 5. The second-order valence-electron chi connectivity index (χ2n) is 35.4. The topological polar surface area (TPSA) is 551 Å². The summed E-state index contributed by atoms with van der Waals surface area (Å²) in [5.74, 6) is -17.0. The van der Waals surface area contributed by atoms with Gasteiger partial charge in [-0.3, -0.25) is 57.5 Å². The van der Waals surface area contributed by atoms with Crippen molar-refractivity contribution in [2.45, 2.75) is 234 Å². The van der Waals surface area contributed by atoms with E-state index in [-0.39, 0.29) is 91.0 Å². The number of unbranched alkanes of at least 4 members (excludes halogenated alkanes) is 1. The number of fused-ring (bicyclic) bond motifs is 6. The van der Waals surface area contributed by atoms with Gasteiger partial charge in [-0.05, 0) is 117 Å². The number of carbonyl (C=O) groups is 14. The Hall–Kier alpha value is -12.4. The van der Waals surface area contributed by atoms with Crippen LogP contribution in [0.4, 0.5) is 0 Å². The zero-order valence-corrected chi connectivity index (χ0v) is 77.9. The van der Waals surface area contributed by atoms with Crippen molar-refractivity contribution in [2.24, 2.45) is 22.5 Å². The van der Waals surface area contributed by atoms with Crippen molar-refractivity contribution < 1.29 is 131 Å². The Labute approximate surface area is 795 Å². The van der Waals surface area contributed by atoms with Gasteiger partial charge < -0.3 is 112 Å². The number of nitrogens with one attached hydrogen (secondary N) is 8. The number of aromatic hydroxyl groups is 1. The Bertz CT molecular complexity index is 5480. The van der Waals surface area contributed by atoms with Gasteiger partial charge in [0.2, 0.25) is 35.6 Å². The molecule has 2 bridgehead atoms. The quantitative estimate of drug-likeness (QED) is 0.00604. The molecule has 11 rings (SSSR count). The van der Waals surface area contributed by atoms with Crippen molar-refractivity contribution in [3.63, 3.8) is 0 Å². The monoisotopic (exact) mass is 1920 g/mol. The molecule has 1 aliphatic heterocycles. The molecule has 38 heteroatoms. The maximum atomic E-state index is 16.3. The van der Waals surface area contributed by atoms with Crippen molar-refractivity contribution in [3.8, 4) is 5.75 Å². The number of amides is 7. The Morgan fingerprint density at radius 3 is 1.72 bits per heavy atom. The van der Waals surface area contributed by atoms with Crippen molar-refractivity contribution >= 4 is 119 Å². The predicted molar refractivity (Wildman–Crippen MR) is 496 cm³/mol. The van der Waals surface area contributed by atoms with E-state index >= 15 is 19.2 Å². The summed E-state index contributed by atoms with van der Waals surface area (Å²) in [5, 5.41) is 87.6. The lowest BCUT2D eigenvalue weighted by molar-refractivity contribution is -0.342. The van der Waals surface area contributed by atoms with E-state index in [0.717, 1.165) is 20.8 Å². The molecule has 7 aromatic rings. The van der Waals surface area contributed by atoms with Crippen molar-refractivity contribution in [1.29, 1.82) is 0 Å². The van der Waals surface area contributed by atoms with Crippen LogP contribution in [0.1, 0.15) is 157 Å². The minimum atomic E-state index is -2.30. The number of hydrogen-bond donors (Lipinski definition) is 17. The fourth-order valence-electron chi connectivity index (χ4n) is 18.3. The SMILES string of the molecule is CC(=O)O[C@H]1C(=O)[C@@]2(C)C(C(OC(O)c3ccccc3)C[C@]3(O)C[C@H](OC(=O)[C@H](OC(=O)CCCC(=O)O[C@@H](Cc4ccccc4)C(=O)N[C@@H](CS)C(=O)N[C@@H](Cc4ccc(O)cc4)C(=O)N[C@@H](Cc4c[nH]c5ccccc45)C(=O)N[C@@H](CCCCN)C(=O)N[C@@H](CS)C(=O)N[C@H](C(=O)O)[C@@H](C)O)[C@H](NC(=O)c4ccccc4)c4ccccc4)C(C)=C1C3(C)C)[C@]1(OC(C)=O)CO[C@@H]1C[C@@H]2O. The minimum Gasteiger partial charge on any atom is -0.508 e. The number of aliphatic hydroxyl groups excluding tert-OH is 3. The Kier molecular flexibility index (Phi) is 35.5. The number of carboxylic acid groups (broad SMARTS) is 1. The minimum absolute atomic E-state index is 0.0497. The molecule has 2 heterocycles. The lowest BCUT2D eigenvalue weighted by Crippen LogP contribution is -2.77. The molecule has 20 atom stereocenters. The second-order valence-corrected chi connectivity index (χ2v) is 36.1. The summed E-state index contributed by atoms with van der Waals surface area (Å²) >= 11 is 8.65. The van der Waals surface area contributed by atoms with Gasteiger partial charge in [-0.25, -0.2) is 9.59 Å². The molecule has 36 nitrogen and oxygen atoms in total. The van der Waals surface area contributed by atoms with Gasteiger partial charge in [0.05, 0.1) is 35.9 Å². The van der Waals surface area contributed by atoms with Crippen LogP contribution in [-0.2, 0) is 115 Å². The van der Waals surface area contributed by atoms with Crippen LogP contribution in [0.15, 0.2) is 187 Å². The van der Waals surface area contributed by atoms with Crippen LogP contribution >= 0.6 is 25.3 Å². The number of aliphatic hydroxyl groups is 4. The van der Waals surface area contributed by atoms with Gasteiger partial charge in [0.15, 0.2) is 35.9 Å². The third-order valence-electron chi connectivity index (χ3n) is 25.7. The molecule has 2 saturated carbocycles. The molecule has 7 amide bonds. The average Bonchev–Trinajstić information content (AvgIpc) is 1.57. The van der Waals surface area contributed by atoms with Gasteiger partial charge in [-0.15, -0.1) is 0 Å². The number of Topliss-reactive ketones (excluding diaryl/α,β-unsaturated/α-hetero) is 1. The molecular formula is C98H117N9O27S2. The standard InChI is InChI=1S/C98H117N9O27S2/c1-53-72(47-97(127)48-73(132-93(125)61-31-18-11-19-32-61)83-96(7,74(112)46-75-98(83,52-128-75)134-56(4)110)84(115)81(129-55(3)109)78(53)95(97,5)6)131-94(126)82(80(59-27-14-9-15-28-59)107-85(116)60-29-16-10-17-30-60)133-77(114)37-24-36-76(113)130-71(44-57-25-12-8-13-26-57)91(122)105-69(50-135)89(120)102-67(43-58-38-40-63(111)41-39-58)87(118)103-68(45-62-49-100-65-34-21-20-33-64(62)65)88(119)101-66(35-22-23-42-99)86(117)104-70(51-136)90(121)106-79(54(2)108)92(123)124/h8-21,25-34,38-41,49,54,66-75,79-83,93,100,108,111-112,125,127,135-136H,22-24,35-37,42-48,50-52,99H2,1-7H3,(H,101,119)(H,102,120)(H,103,118)(H,104,117)(H,105,122)(H,106,121)(H,107,116)(H,123,124)/t54-,66+,67+,68+,69+,70+,71+,72+,73?,74+,75-,79+,80-,81-,82-,83?,93?,96-,97-,98+/m1/s1. The highest BCUT2D eigenvalue weighted by Gasteiger charge is 2.75. The fraction of sp³-hybridized carbons (Fsp3) is 0.449. The van der Waals surface area contributed by atoms with Gasteiger partial charge >= 0.3 is 35.8 Å². The third kappa shape index (κ3) is 24.9. The molecule has 136 heavy (non-hydrogen) atoms. The first kappa shape index (κ1) is 104. The number of aromatic nitrogens is 1. The number of benzene rings is 6. The van der Waals surface area contributed by atoms with E-state index in [1.807, 2.05) is 0 Å². The van der Waals surface area contributed by atoms with Crippen molar-refractivity contribution in [3.05, 3.63) is 221 Å². The number of thiol groups is 2. The number of aromatic amines is 1. The number of ketones is 1. The largest absolute Gasteiger partial charge is 0.508 e. The number of para-hydroxylation sites is 1. The average molecular weight is 1920 g/mol. The summed E-state index contributed by atoms with van der Waals surface area (Å²) in [7, 11) is 0. The number of rotatable bonds is 43. The molecule has 728 valence electrons. The van der Waals surface area contributed by atoms with E-state index in [9.17, 15) is 78.6 Å². The van der Waals surface area contributed by atoms with Crippen LogP contribution in [0, 0.1) is 16.7 Å². The Morgan fingerprint density at radius 2 is 1.14 bits per heavy atom. The van der Waals surface area contributed by atoms with E-state index < -0.39 is 246 Å². The molecular weight excluding hydrogens is 1800 g/mol. The number of H-pyrrole nitrogens is 1. The number of carboxylic acids is 1. The van der Waals surface area contributed by atoms with Gasteiger partial charge in [0.25, 0.3) is 11.8 Å². The number of aliphatic carboxylic acids is 1. The van der Waals surface area contributed by atoms with Crippen LogP contribution < -0.4 is 43.0 Å². The lowest BCUT2D eigenvalue weighted by Gasteiger charge is -2.63. The molecule has 0 spiro atoms. The number of phenolic OH excluding ortho intramolecular Hbond substituents is 1. The van der Waals surface area contributed by atoms with E-state index in [0.29, 0.717) is 34.0 Å². The molecule has 6 aromatic carbocycles. The summed E-state index contributed by atoms with van der Waals surface area (Å²) in [6, 6.07) is 33.5. The Balaban J connectivity index is 0.846. The predicted octanol–water partition coefficient (Wildman–Crippen LogP) is 4.89. The molecule has 3 aliphatic carbocycles. The highest BCUT2D eigenvalue weighted by molar-refractivity contribution is 7.80. The Morgan fingerprint density at radius 1 is 0.603 bits per heavy atom. The highest BCUT2D eigenvalue weighted by Crippen LogP contribution is 2.63. The van der Waals surface area contributed by atoms with Crippen LogP contribution in [0.5, 0.6) is 5.75 Å². The first-order valence-corrected chi connectivity index (χ1v) is 46.1. The van der Waals surface area contributed by atoms with Crippen molar-refractivity contribution in [1.82, 2.24) is 42.2 Å².